The number of rotatable bonds is 9. The summed E-state index contributed by atoms with van der Waals surface area (Å²) < 4.78 is 34.2. The summed E-state index contributed by atoms with van der Waals surface area (Å²) in [7, 11) is -3.99. The first kappa shape index (κ1) is 27.6. The molecule has 0 unspecified atom stereocenters. The van der Waals surface area contributed by atoms with Gasteiger partial charge in [0, 0.05) is 54.8 Å². The molecule has 3 N–H and O–H groups in total. The number of hydrogen-bond acceptors (Lipinski definition) is 10. The van der Waals surface area contributed by atoms with Crippen LogP contribution in [-0.2, 0) is 26.3 Å². The highest BCUT2D eigenvalue weighted by Gasteiger charge is 2.29. The predicted octanol–water partition coefficient (Wildman–Crippen LogP) is 2.15. The van der Waals surface area contributed by atoms with Crippen molar-refractivity contribution in [1.82, 2.24) is 19.9 Å². The van der Waals surface area contributed by atoms with Crippen LogP contribution in [0.25, 0.3) is 11.4 Å². The smallest absolute Gasteiger partial charge is 0.307 e. The summed E-state index contributed by atoms with van der Waals surface area (Å²) in [5.74, 6) is -1.06. The van der Waals surface area contributed by atoms with Crippen LogP contribution in [0, 0.1) is 11.3 Å². The van der Waals surface area contributed by atoms with Gasteiger partial charge in [0.1, 0.15) is 18.0 Å². The highest BCUT2D eigenvalue weighted by atomic mass is 32.2. The number of piperidine rings is 1. The van der Waals surface area contributed by atoms with Crippen molar-refractivity contribution in [2.75, 3.05) is 19.3 Å². The summed E-state index contributed by atoms with van der Waals surface area (Å²) >= 11 is 0. The standard InChI is InChI=1S/C26H28N6O6S/c1-39(35,36)38-25-21(15-30-24(31-25)20-6-4-19(5-7-20)23(27)28)26(34)32-11-8-17(9-12-32)13-22(33)37-16-18-3-2-10-29-14-18/h2-7,10,14-15,17H,8-9,11-13,16H2,1H3,(H3,27,28). The maximum Gasteiger partial charge on any atom is 0.307 e. The zero-order valence-electron chi connectivity index (χ0n) is 21.2. The fourth-order valence-corrected chi connectivity index (χ4v) is 4.52. The molecule has 2 aromatic heterocycles. The number of carbonyl (C=O) groups excluding carboxylic acids is 2. The Morgan fingerprint density at radius 3 is 2.46 bits per heavy atom. The molecule has 1 aliphatic rings. The van der Waals surface area contributed by atoms with Crippen molar-refractivity contribution in [2.24, 2.45) is 11.7 Å². The molecule has 1 amide bonds. The lowest BCUT2D eigenvalue weighted by molar-refractivity contribution is -0.146. The third kappa shape index (κ3) is 7.57. The van der Waals surface area contributed by atoms with Crippen LogP contribution >= 0.6 is 0 Å². The number of nitrogen functional groups attached to an aromatic ring is 1. The molecule has 4 rings (SSSR count). The second-order valence-corrected chi connectivity index (χ2v) is 10.7. The Labute approximate surface area is 225 Å². The second kappa shape index (κ2) is 12.0. The lowest BCUT2D eigenvalue weighted by Gasteiger charge is -2.31. The number of likely N-dealkylation sites (tertiary alicyclic amines) is 1. The minimum Gasteiger partial charge on any atom is -0.461 e. The number of nitrogens with zero attached hydrogens (tertiary/aromatic N) is 4. The van der Waals surface area contributed by atoms with Gasteiger partial charge in [-0.2, -0.15) is 13.4 Å². The first-order chi connectivity index (χ1) is 18.6. The molecule has 0 spiro atoms. The van der Waals surface area contributed by atoms with Crippen molar-refractivity contribution in [1.29, 1.82) is 5.41 Å². The maximum atomic E-state index is 13.3. The minimum absolute atomic E-state index is 0.0544. The van der Waals surface area contributed by atoms with E-state index in [2.05, 4.69) is 15.0 Å². The van der Waals surface area contributed by atoms with E-state index in [0.29, 0.717) is 37.1 Å². The Kier molecular flexibility index (Phi) is 8.49. The van der Waals surface area contributed by atoms with Crippen molar-refractivity contribution in [3.05, 3.63) is 71.7 Å². The molecule has 0 bridgehead atoms. The first-order valence-corrected chi connectivity index (χ1v) is 14.0. The van der Waals surface area contributed by atoms with Gasteiger partial charge in [0.2, 0.25) is 5.88 Å². The van der Waals surface area contributed by atoms with E-state index in [1.807, 2.05) is 6.07 Å². The third-order valence-corrected chi connectivity index (χ3v) is 6.61. The number of aromatic nitrogens is 3. The molecule has 3 heterocycles. The number of nitrogens with one attached hydrogen (secondary N) is 1. The van der Waals surface area contributed by atoms with Crippen LogP contribution in [0.4, 0.5) is 0 Å². The van der Waals surface area contributed by atoms with Gasteiger partial charge in [-0.15, -0.1) is 0 Å². The zero-order chi connectivity index (χ0) is 28.0. The molecule has 0 saturated carbocycles. The Balaban J connectivity index is 1.41. The molecule has 0 radical (unpaired) electrons. The minimum atomic E-state index is -3.99. The number of carbonyl (C=O) groups is 2. The average Bonchev–Trinajstić information content (AvgIpc) is 2.92. The number of amides is 1. The van der Waals surface area contributed by atoms with Crippen LogP contribution in [0.5, 0.6) is 5.88 Å². The fourth-order valence-electron chi connectivity index (χ4n) is 4.11. The van der Waals surface area contributed by atoms with Crippen molar-refractivity contribution in [3.63, 3.8) is 0 Å². The van der Waals surface area contributed by atoms with E-state index in [9.17, 15) is 18.0 Å². The monoisotopic (exact) mass is 552 g/mol. The number of hydrogen-bond donors (Lipinski definition) is 2. The van der Waals surface area contributed by atoms with Gasteiger partial charge in [0.15, 0.2) is 5.82 Å². The number of ether oxygens (including phenoxy) is 1. The van der Waals surface area contributed by atoms with E-state index in [1.165, 1.54) is 6.20 Å². The van der Waals surface area contributed by atoms with E-state index in [1.54, 1.807) is 47.6 Å². The molecule has 13 heteroatoms. The summed E-state index contributed by atoms with van der Waals surface area (Å²) in [5, 5.41) is 7.51. The molecule has 39 heavy (non-hydrogen) atoms. The van der Waals surface area contributed by atoms with E-state index in [4.69, 9.17) is 20.1 Å². The van der Waals surface area contributed by atoms with Crippen LogP contribution in [0.3, 0.4) is 0 Å². The van der Waals surface area contributed by atoms with Gasteiger partial charge < -0.3 is 19.6 Å². The first-order valence-electron chi connectivity index (χ1n) is 12.1. The molecular weight excluding hydrogens is 524 g/mol. The Morgan fingerprint density at radius 1 is 1.13 bits per heavy atom. The maximum absolute atomic E-state index is 13.3. The van der Waals surface area contributed by atoms with Gasteiger partial charge in [-0.25, -0.2) is 4.98 Å². The Bertz CT molecular complexity index is 1460. The highest BCUT2D eigenvalue weighted by Crippen LogP contribution is 2.27. The summed E-state index contributed by atoms with van der Waals surface area (Å²) in [6.45, 7) is 0.891. The molecular formula is C26H28N6O6S. The third-order valence-electron chi connectivity index (χ3n) is 6.15. The van der Waals surface area contributed by atoms with Crippen LogP contribution < -0.4 is 9.92 Å². The summed E-state index contributed by atoms with van der Waals surface area (Å²) in [5.41, 5.74) is 7.23. The molecule has 3 aromatic rings. The van der Waals surface area contributed by atoms with E-state index in [0.717, 1.165) is 11.8 Å². The van der Waals surface area contributed by atoms with Crippen LogP contribution in [0.15, 0.2) is 55.0 Å². The van der Waals surface area contributed by atoms with Crippen molar-refractivity contribution in [3.8, 4) is 17.3 Å². The van der Waals surface area contributed by atoms with Gasteiger partial charge in [0.05, 0.1) is 6.26 Å². The van der Waals surface area contributed by atoms with Gasteiger partial charge in [-0.3, -0.25) is 20.0 Å². The molecule has 204 valence electrons. The summed E-state index contributed by atoms with van der Waals surface area (Å²) in [6, 6.07) is 10.1. The lowest BCUT2D eigenvalue weighted by Crippen LogP contribution is -2.39. The largest absolute Gasteiger partial charge is 0.461 e. The molecule has 0 aliphatic carbocycles. The second-order valence-electron chi connectivity index (χ2n) is 9.15. The number of pyridine rings is 1. The van der Waals surface area contributed by atoms with Crippen molar-refractivity contribution in [2.45, 2.75) is 25.9 Å². The van der Waals surface area contributed by atoms with Gasteiger partial charge in [0.25, 0.3) is 5.91 Å². The molecule has 1 saturated heterocycles. The van der Waals surface area contributed by atoms with E-state index >= 15 is 0 Å². The highest BCUT2D eigenvalue weighted by molar-refractivity contribution is 7.86. The predicted molar refractivity (Wildman–Crippen MR) is 141 cm³/mol. The quantitative estimate of drug-likeness (QED) is 0.173. The van der Waals surface area contributed by atoms with Crippen LogP contribution in [0.1, 0.15) is 40.7 Å². The Hall–Kier alpha value is -4.39. The number of nitrogens with two attached hydrogens (primary N) is 1. The normalized spacial score (nSPS) is 14.0. The van der Waals surface area contributed by atoms with Crippen LogP contribution in [0.2, 0.25) is 0 Å². The average molecular weight is 553 g/mol. The molecule has 1 aromatic carbocycles. The van der Waals surface area contributed by atoms with E-state index in [-0.39, 0.29) is 48.0 Å². The van der Waals surface area contributed by atoms with Gasteiger partial charge in [-0.05, 0) is 24.8 Å². The SMILES string of the molecule is CS(=O)(=O)Oc1nc(-c2ccc(C(=N)N)cc2)ncc1C(=O)N1CCC(CC(=O)OCc2cccnc2)CC1. The fraction of sp³-hybridized carbons (Fsp3) is 0.308. The topological polar surface area (TPSA) is 179 Å². The Morgan fingerprint density at radius 2 is 1.85 bits per heavy atom. The number of amidine groups is 1. The van der Waals surface area contributed by atoms with Crippen molar-refractivity contribution < 1.29 is 26.9 Å². The molecule has 1 fully saturated rings. The number of benzene rings is 1. The van der Waals surface area contributed by atoms with Gasteiger partial charge in [-0.1, -0.05) is 30.3 Å². The summed E-state index contributed by atoms with van der Waals surface area (Å²) in [6.07, 6.45) is 6.79. The lowest BCUT2D eigenvalue weighted by atomic mass is 9.93. The number of esters is 1. The molecule has 1 aliphatic heterocycles. The molecule has 0 atom stereocenters. The van der Waals surface area contributed by atoms with E-state index < -0.39 is 16.0 Å². The zero-order valence-corrected chi connectivity index (χ0v) is 22.1. The van der Waals surface area contributed by atoms with Crippen molar-refractivity contribution >= 4 is 27.8 Å². The van der Waals surface area contributed by atoms with Gasteiger partial charge >= 0.3 is 16.1 Å². The summed E-state index contributed by atoms with van der Waals surface area (Å²) in [4.78, 5) is 39.6. The molecule has 12 nitrogen and oxygen atoms in total. The van der Waals surface area contributed by atoms with Crippen LogP contribution in [-0.4, -0.2) is 65.3 Å².